The topological polar surface area (TPSA) is 64.9 Å². The second-order valence-electron chi connectivity index (χ2n) is 4.76. The Balaban J connectivity index is 2.23. The van der Waals surface area contributed by atoms with E-state index in [1.807, 2.05) is 12.1 Å². The van der Waals surface area contributed by atoms with Crippen molar-refractivity contribution in [3.05, 3.63) is 35.2 Å². The molecule has 1 aromatic carbocycles. The van der Waals surface area contributed by atoms with Crippen LogP contribution in [0.2, 0.25) is 0 Å². The molecule has 0 saturated heterocycles. The van der Waals surface area contributed by atoms with Crippen LogP contribution in [0.25, 0.3) is 11.5 Å². The first kappa shape index (κ1) is 12.8. The van der Waals surface area contributed by atoms with E-state index < -0.39 is 0 Å². The number of benzene rings is 1. The van der Waals surface area contributed by atoms with E-state index in [4.69, 9.17) is 10.3 Å². The maximum absolute atomic E-state index is 5.88. The van der Waals surface area contributed by atoms with Gasteiger partial charge in [-0.25, -0.2) is 0 Å². The van der Waals surface area contributed by atoms with E-state index in [1.165, 1.54) is 11.1 Å². The lowest BCUT2D eigenvalue weighted by atomic mass is 10.1. The van der Waals surface area contributed by atoms with Gasteiger partial charge in [-0.15, -0.1) is 0 Å². The van der Waals surface area contributed by atoms with E-state index in [2.05, 4.69) is 37.0 Å². The van der Waals surface area contributed by atoms with Crippen molar-refractivity contribution in [3.63, 3.8) is 0 Å². The van der Waals surface area contributed by atoms with Crippen molar-refractivity contribution >= 4 is 0 Å². The summed E-state index contributed by atoms with van der Waals surface area (Å²) >= 11 is 0. The number of aromatic nitrogens is 2. The zero-order valence-electron chi connectivity index (χ0n) is 11.1. The van der Waals surface area contributed by atoms with Crippen molar-refractivity contribution in [2.75, 3.05) is 0 Å². The predicted octanol–water partition coefficient (Wildman–Crippen LogP) is 2.63. The molecule has 0 radical (unpaired) electrons. The predicted molar refractivity (Wildman–Crippen MR) is 71.2 cm³/mol. The Labute approximate surface area is 107 Å². The molecule has 96 valence electrons. The lowest BCUT2D eigenvalue weighted by Gasteiger charge is -2.02. The smallest absolute Gasteiger partial charge is 0.257 e. The highest BCUT2D eigenvalue weighted by Gasteiger charge is 2.11. The average Bonchev–Trinajstić information content (AvgIpc) is 2.76. The third-order valence-corrected chi connectivity index (χ3v) is 2.91. The summed E-state index contributed by atoms with van der Waals surface area (Å²) in [4.78, 5) is 4.39. The van der Waals surface area contributed by atoms with Gasteiger partial charge in [-0.1, -0.05) is 29.3 Å². The van der Waals surface area contributed by atoms with Gasteiger partial charge in [0.05, 0.1) is 0 Å². The Bertz CT molecular complexity index is 513. The molecule has 0 saturated carbocycles. The van der Waals surface area contributed by atoms with Gasteiger partial charge in [0.15, 0.2) is 5.82 Å². The number of aryl methyl sites for hydroxylation is 2. The molecule has 0 aliphatic carbocycles. The fourth-order valence-corrected chi connectivity index (χ4v) is 1.93. The summed E-state index contributed by atoms with van der Waals surface area (Å²) in [6.07, 6.45) is 1.57. The molecule has 1 atom stereocenters. The molecule has 2 rings (SSSR count). The first-order valence-electron chi connectivity index (χ1n) is 6.25. The van der Waals surface area contributed by atoms with Crippen molar-refractivity contribution in [2.24, 2.45) is 5.73 Å². The van der Waals surface area contributed by atoms with Crippen molar-refractivity contribution in [2.45, 2.75) is 39.7 Å². The van der Waals surface area contributed by atoms with Crippen molar-refractivity contribution in [1.82, 2.24) is 10.1 Å². The fraction of sp³-hybridized carbons (Fsp3) is 0.429. The van der Waals surface area contributed by atoms with E-state index >= 15 is 0 Å². The molecule has 1 unspecified atom stereocenters. The first-order valence-corrected chi connectivity index (χ1v) is 6.25. The Morgan fingerprint density at radius 2 is 1.89 bits per heavy atom. The highest BCUT2D eigenvalue weighted by atomic mass is 16.5. The molecule has 2 aromatic rings. The molecule has 0 fully saturated rings. The van der Waals surface area contributed by atoms with Crippen LogP contribution in [-0.2, 0) is 6.42 Å². The lowest BCUT2D eigenvalue weighted by molar-refractivity contribution is 0.419. The SMILES string of the molecule is CCC(N)Cc1noc(-c2cc(C)cc(C)c2)n1. The van der Waals surface area contributed by atoms with E-state index in [9.17, 15) is 0 Å². The van der Waals surface area contributed by atoms with Crippen LogP contribution in [0, 0.1) is 13.8 Å². The Morgan fingerprint density at radius 1 is 1.22 bits per heavy atom. The van der Waals surface area contributed by atoms with Crippen LogP contribution >= 0.6 is 0 Å². The molecular formula is C14H19N3O. The summed E-state index contributed by atoms with van der Waals surface area (Å²) in [5, 5.41) is 3.97. The van der Waals surface area contributed by atoms with E-state index in [0.717, 1.165) is 12.0 Å². The van der Waals surface area contributed by atoms with Gasteiger partial charge >= 0.3 is 0 Å². The highest BCUT2D eigenvalue weighted by molar-refractivity contribution is 5.55. The molecule has 2 N–H and O–H groups in total. The second kappa shape index (κ2) is 5.31. The Hall–Kier alpha value is -1.68. The van der Waals surface area contributed by atoms with Crippen LogP contribution in [-0.4, -0.2) is 16.2 Å². The highest BCUT2D eigenvalue weighted by Crippen LogP contribution is 2.20. The number of hydrogen-bond acceptors (Lipinski definition) is 4. The van der Waals surface area contributed by atoms with Crippen LogP contribution < -0.4 is 5.73 Å². The summed E-state index contributed by atoms with van der Waals surface area (Å²) in [7, 11) is 0. The van der Waals surface area contributed by atoms with Crippen molar-refractivity contribution in [3.8, 4) is 11.5 Å². The minimum Gasteiger partial charge on any atom is -0.334 e. The van der Waals surface area contributed by atoms with Crippen LogP contribution in [0.5, 0.6) is 0 Å². The number of hydrogen-bond donors (Lipinski definition) is 1. The molecule has 1 heterocycles. The van der Waals surface area contributed by atoms with Gasteiger partial charge in [0, 0.05) is 18.0 Å². The first-order chi connectivity index (χ1) is 8.58. The Kier molecular flexibility index (Phi) is 3.77. The van der Waals surface area contributed by atoms with Crippen LogP contribution in [0.3, 0.4) is 0 Å². The quantitative estimate of drug-likeness (QED) is 0.899. The molecule has 0 bridgehead atoms. The van der Waals surface area contributed by atoms with Crippen molar-refractivity contribution < 1.29 is 4.52 Å². The summed E-state index contributed by atoms with van der Waals surface area (Å²) < 4.78 is 5.29. The number of nitrogens with zero attached hydrogens (tertiary/aromatic N) is 2. The third-order valence-electron chi connectivity index (χ3n) is 2.91. The number of rotatable bonds is 4. The van der Waals surface area contributed by atoms with Crippen molar-refractivity contribution in [1.29, 1.82) is 0 Å². The summed E-state index contributed by atoms with van der Waals surface area (Å²) in [5.74, 6) is 1.25. The standard InChI is InChI=1S/C14H19N3O/c1-4-12(15)8-13-16-14(18-17-13)11-6-9(2)5-10(3)7-11/h5-7,12H,4,8,15H2,1-3H3. The van der Waals surface area contributed by atoms with E-state index in [1.54, 1.807) is 0 Å². The minimum atomic E-state index is 0.0923. The van der Waals surface area contributed by atoms with Crippen LogP contribution in [0.4, 0.5) is 0 Å². The van der Waals surface area contributed by atoms with E-state index in [-0.39, 0.29) is 6.04 Å². The fourth-order valence-electron chi connectivity index (χ4n) is 1.93. The zero-order chi connectivity index (χ0) is 13.1. The zero-order valence-corrected chi connectivity index (χ0v) is 11.1. The normalized spacial score (nSPS) is 12.7. The minimum absolute atomic E-state index is 0.0923. The second-order valence-corrected chi connectivity index (χ2v) is 4.76. The summed E-state index contributed by atoms with van der Waals surface area (Å²) in [6.45, 7) is 6.16. The molecule has 0 aliphatic heterocycles. The largest absolute Gasteiger partial charge is 0.334 e. The maximum atomic E-state index is 5.88. The summed E-state index contributed by atoms with van der Waals surface area (Å²) in [6, 6.07) is 6.30. The molecule has 0 aliphatic rings. The molecule has 4 heteroatoms. The average molecular weight is 245 g/mol. The van der Waals surface area contributed by atoms with Crippen LogP contribution in [0.15, 0.2) is 22.7 Å². The van der Waals surface area contributed by atoms with Gasteiger partial charge in [-0.3, -0.25) is 0 Å². The molecular weight excluding hydrogens is 226 g/mol. The van der Waals surface area contributed by atoms with Gasteiger partial charge in [0.1, 0.15) is 0 Å². The molecule has 0 amide bonds. The molecule has 1 aromatic heterocycles. The number of nitrogens with two attached hydrogens (primary N) is 1. The van der Waals surface area contributed by atoms with Gasteiger partial charge in [-0.05, 0) is 32.4 Å². The van der Waals surface area contributed by atoms with Gasteiger partial charge in [0.25, 0.3) is 5.89 Å². The van der Waals surface area contributed by atoms with E-state index in [0.29, 0.717) is 18.1 Å². The monoisotopic (exact) mass is 245 g/mol. The van der Waals surface area contributed by atoms with Gasteiger partial charge in [-0.2, -0.15) is 4.98 Å². The van der Waals surface area contributed by atoms with Gasteiger partial charge in [0.2, 0.25) is 0 Å². The van der Waals surface area contributed by atoms with Gasteiger partial charge < -0.3 is 10.3 Å². The molecule has 4 nitrogen and oxygen atoms in total. The summed E-state index contributed by atoms with van der Waals surface area (Å²) in [5.41, 5.74) is 9.23. The molecule has 0 spiro atoms. The van der Waals surface area contributed by atoms with Crippen LogP contribution in [0.1, 0.15) is 30.3 Å². The molecule has 18 heavy (non-hydrogen) atoms. The lowest BCUT2D eigenvalue weighted by Crippen LogP contribution is -2.21. The maximum Gasteiger partial charge on any atom is 0.257 e. The third kappa shape index (κ3) is 2.96. The Morgan fingerprint density at radius 3 is 2.50 bits per heavy atom.